The molecule has 0 saturated carbocycles. The van der Waals surface area contributed by atoms with Crippen molar-refractivity contribution in [1.82, 2.24) is 24.8 Å². The van der Waals surface area contributed by atoms with E-state index >= 15 is 0 Å². The molecule has 7 nitrogen and oxygen atoms in total. The van der Waals surface area contributed by atoms with Gasteiger partial charge in [-0.15, -0.1) is 0 Å². The number of nitrogens with zero attached hydrogens (tertiary/aromatic N) is 6. The first-order valence-corrected chi connectivity index (χ1v) is 12.8. The highest BCUT2D eigenvalue weighted by molar-refractivity contribution is 5.85. The molecule has 1 amide bonds. The number of rotatable bonds is 5. The minimum Gasteiger partial charge on any atom is -0.338 e. The summed E-state index contributed by atoms with van der Waals surface area (Å²) in [6, 6.07) is 10.3. The zero-order valence-corrected chi connectivity index (χ0v) is 21.5. The maximum absolute atomic E-state index is 13.6. The maximum Gasteiger partial charge on any atom is 0.232 e. The number of hydrogen-bond acceptors (Lipinski definition) is 6. The molecule has 5 rings (SSSR count). The van der Waals surface area contributed by atoms with Gasteiger partial charge in [0.2, 0.25) is 11.7 Å². The van der Waals surface area contributed by atoms with E-state index in [1.54, 1.807) is 18.6 Å². The SMILES string of the molecule is CC(C)(C)Cc1c(CN2CCCC3(CCN(Cc4ccncc4)C3=O)C2)ccc2cnc(C#N)nc12. The van der Waals surface area contributed by atoms with E-state index < -0.39 is 0 Å². The van der Waals surface area contributed by atoms with E-state index in [1.807, 2.05) is 17.0 Å². The standard InChI is InChI=1S/C29H34N6O/c1-28(2,3)15-24-23(6-5-22-17-32-25(16-30)33-26(22)24)19-34-13-4-9-29(20-34)10-14-35(27(29)36)18-21-7-11-31-12-8-21/h5-8,11-12,17H,4,9-10,13-15,18-20H2,1-3H3. The topological polar surface area (TPSA) is 86.0 Å². The fourth-order valence-electron chi connectivity index (χ4n) is 5.86. The van der Waals surface area contributed by atoms with Crippen LogP contribution in [0, 0.1) is 22.2 Å². The fraction of sp³-hybridized carbons (Fsp3) is 0.483. The Morgan fingerprint density at radius 2 is 1.89 bits per heavy atom. The van der Waals surface area contributed by atoms with E-state index in [4.69, 9.17) is 0 Å². The smallest absolute Gasteiger partial charge is 0.232 e. The number of aromatic nitrogens is 3. The van der Waals surface area contributed by atoms with Crippen LogP contribution in [0.25, 0.3) is 10.9 Å². The highest BCUT2D eigenvalue weighted by Crippen LogP contribution is 2.41. The molecule has 2 aromatic heterocycles. The molecular formula is C29H34N6O. The largest absolute Gasteiger partial charge is 0.338 e. The molecule has 186 valence electrons. The lowest BCUT2D eigenvalue weighted by molar-refractivity contribution is -0.139. The van der Waals surface area contributed by atoms with Crippen molar-refractivity contribution >= 4 is 16.8 Å². The zero-order chi connectivity index (χ0) is 25.3. The highest BCUT2D eigenvalue weighted by Gasteiger charge is 2.48. The lowest BCUT2D eigenvalue weighted by Gasteiger charge is -2.39. The molecule has 1 aromatic carbocycles. The van der Waals surface area contributed by atoms with E-state index in [2.05, 4.69) is 58.8 Å². The molecule has 0 radical (unpaired) electrons. The molecule has 1 atom stereocenters. The second-order valence-electron chi connectivity index (χ2n) is 11.6. The van der Waals surface area contributed by atoms with Crippen LogP contribution in [0.5, 0.6) is 0 Å². The summed E-state index contributed by atoms with van der Waals surface area (Å²) in [4.78, 5) is 31.0. The number of pyridine rings is 1. The van der Waals surface area contributed by atoms with E-state index in [-0.39, 0.29) is 16.7 Å². The van der Waals surface area contributed by atoms with Crippen LogP contribution in [0.4, 0.5) is 0 Å². The molecule has 2 fully saturated rings. The first-order valence-electron chi connectivity index (χ1n) is 12.8. The molecule has 0 N–H and O–H groups in total. The molecule has 2 saturated heterocycles. The Morgan fingerprint density at radius 1 is 1.08 bits per heavy atom. The average molecular weight is 483 g/mol. The van der Waals surface area contributed by atoms with Crippen LogP contribution in [0.3, 0.4) is 0 Å². The molecule has 0 bridgehead atoms. The third kappa shape index (κ3) is 4.96. The summed E-state index contributed by atoms with van der Waals surface area (Å²) >= 11 is 0. The molecular weight excluding hydrogens is 448 g/mol. The molecule has 0 aliphatic carbocycles. The summed E-state index contributed by atoms with van der Waals surface area (Å²) < 4.78 is 0. The highest BCUT2D eigenvalue weighted by atomic mass is 16.2. The van der Waals surface area contributed by atoms with Gasteiger partial charge in [-0.05, 0) is 66.5 Å². The minimum atomic E-state index is -0.289. The van der Waals surface area contributed by atoms with Gasteiger partial charge in [-0.1, -0.05) is 32.9 Å². The molecule has 3 aromatic rings. The zero-order valence-electron chi connectivity index (χ0n) is 21.5. The first-order chi connectivity index (χ1) is 17.3. The third-order valence-corrected chi connectivity index (χ3v) is 7.54. The Balaban J connectivity index is 1.39. The minimum absolute atomic E-state index is 0.0682. The van der Waals surface area contributed by atoms with Crippen LogP contribution in [0.15, 0.2) is 42.9 Å². The van der Waals surface area contributed by atoms with Crippen molar-refractivity contribution in [3.05, 3.63) is 65.4 Å². The second-order valence-corrected chi connectivity index (χ2v) is 11.6. The number of amides is 1. The van der Waals surface area contributed by atoms with Gasteiger partial charge in [0, 0.05) is 50.2 Å². The van der Waals surface area contributed by atoms with Crippen LogP contribution in [0.1, 0.15) is 62.5 Å². The Bertz CT molecular complexity index is 1310. The predicted octanol–water partition coefficient (Wildman–Crippen LogP) is 4.50. The number of carbonyl (C=O) groups excluding carboxylic acids is 1. The monoisotopic (exact) mass is 482 g/mol. The van der Waals surface area contributed by atoms with Crippen molar-refractivity contribution in [2.45, 2.75) is 59.5 Å². The van der Waals surface area contributed by atoms with Gasteiger partial charge in [0.1, 0.15) is 6.07 Å². The molecule has 7 heteroatoms. The van der Waals surface area contributed by atoms with Crippen molar-refractivity contribution in [2.75, 3.05) is 19.6 Å². The molecule has 1 unspecified atom stereocenters. The number of likely N-dealkylation sites (tertiary alicyclic amines) is 2. The Morgan fingerprint density at radius 3 is 2.64 bits per heavy atom. The molecule has 4 heterocycles. The van der Waals surface area contributed by atoms with Crippen LogP contribution in [-0.2, 0) is 24.3 Å². The number of benzene rings is 1. The molecule has 2 aliphatic rings. The van der Waals surface area contributed by atoms with E-state index in [0.717, 1.165) is 68.3 Å². The lowest BCUT2D eigenvalue weighted by Crippen LogP contribution is -2.47. The van der Waals surface area contributed by atoms with Gasteiger partial charge in [0.25, 0.3) is 0 Å². The Kier molecular flexibility index (Phi) is 6.48. The predicted molar refractivity (Wildman–Crippen MR) is 139 cm³/mol. The van der Waals surface area contributed by atoms with Gasteiger partial charge in [-0.25, -0.2) is 9.97 Å². The normalized spacial score (nSPS) is 20.8. The van der Waals surface area contributed by atoms with Gasteiger partial charge >= 0.3 is 0 Å². The Labute approximate surface area is 213 Å². The number of carbonyl (C=O) groups is 1. The summed E-state index contributed by atoms with van der Waals surface area (Å²) in [7, 11) is 0. The lowest BCUT2D eigenvalue weighted by atomic mass is 9.78. The third-order valence-electron chi connectivity index (χ3n) is 7.54. The number of piperidine rings is 1. The second kappa shape index (κ2) is 9.59. The number of fused-ring (bicyclic) bond motifs is 1. The van der Waals surface area contributed by atoms with Gasteiger partial charge in [-0.2, -0.15) is 5.26 Å². The molecule has 36 heavy (non-hydrogen) atoms. The van der Waals surface area contributed by atoms with Gasteiger partial charge in [0.15, 0.2) is 0 Å². The quantitative estimate of drug-likeness (QED) is 0.532. The average Bonchev–Trinajstić information content (AvgIpc) is 3.14. The first kappa shape index (κ1) is 24.3. The van der Waals surface area contributed by atoms with Crippen molar-refractivity contribution in [2.24, 2.45) is 10.8 Å². The molecule has 1 spiro atoms. The maximum atomic E-state index is 13.6. The van der Waals surface area contributed by atoms with Crippen LogP contribution in [0.2, 0.25) is 0 Å². The summed E-state index contributed by atoms with van der Waals surface area (Å²) in [5.74, 6) is 0.501. The van der Waals surface area contributed by atoms with Crippen molar-refractivity contribution in [1.29, 1.82) is 5.26 Å². The van der Waals surface area contributed by atoms with Crippen LogP contribution < -0.4 is 0 Å². The van der Waals surface area contributed by atoms with Crippen molar-refractivity contribution in [3.8, 4) is 6.07 Å². The summed E-state index contributed by atoms with van der Waals surface area (Å²) in [6.07, 6.45) is 9.09. The van der Waals surface area contributed by atoms with E-state index in [1.165, 1.54) is 11.1 Å². The Hall–Kier alpha value is -3.37. The van der Waals surface area contributed by atoms with Crippen LogP contribution in [-0.4, -0.2) is 50.3 Å². The summed E-state index contributed by atoms with van der Waals surface area (Å²) in [6.45, 7) is 10.7. The molecule has 2 aliphatic heterocycles. The summed E-state index contributed by atoms with van der Waals surface area (Å²) in [5.41, 5.74) is 4.21. The van der Waals surface area contributed by atoms with Crippen molar-refractivity contribution < 1.29 is 4.79 Å². The number of nitriles is 1. The van der Waals surface area contributed by atoms with Crippen molar-refractivity contribution in [3.63, 3.8) is 0 Å². The summed E-state index contributed by atoms with van der Waals surface area (Å²) in [5, 5.41) is 10.3. The van der Waals surface area contributed by atoms with Gasteiger partial charge < -0.3 is 4.90 Å². The van der Waals surface area contributed by atoms with E-state index in [0.29, 0.717) is 12.5 Å². The van der Waals surface area contributed by atoms with Crippen LogP contribution >= 0.6 is 0 Å². The number of hydrogen-bond donors (Lipinski definition) is 0. The van der Waals surface area contributed by atoms with Gasteiger partial charge in [0.05, 0.1) is 10.9 Å². The van der Waals surface area contributed by atoms with Gasteiger partial charge in [-0.3, -0.25) is 14.7 Å². The van der Waals surface area contributed by atoms with E-state index in [9.17, 15) is 10.1 Å². The fourth-order valence-corrected chi connectivity index (χ4v) is 5.86.